The SMILES string of the molecule is CN1C(=N)N[C@](C)(c2sc(-c3cncc(-c4nnco4)c3)cc2Cl)C[S+]1[O-]. The van der Waals surface area contributed by atoms with Gasteiger partial charge in [-0.3, -0.25) is 10.4 Å². The predicted molar refractivity (Wildman–Crippen MR) is 105 cm³/mol. The van der Waals surface area contributed by atoms with Gasteiger partial charge in [-0.05, 0) is 19.1 Å². The second kappa shape index (κ2) is 6.79. The first kappa shape index (κ1) is 18.2. The molecule has 0 aliphatic carbocycles. The highest BCUT2D eigenvalue weighted by Gasteiger charge is 2.44. The molecule has 0 aromatic carbocycles. The van der Waals surface area contributed by atoms with Crippen LogP contribution >= 0.6 is 22.9 Å². The van der Waals surface area contributed by atoms with Gasteiger partial charge in [0.05, 0.1) is 33.9 Å². The topological polar surface area (TPSA) is 114 Å². The van der Waals surface area contributed by atoms with Gasteiger partial charge in [-0.1, -0.05) is 11.6 Å². The van der Waals surface area contributed by atoms with Crippen LogP contribution in [0.1, 0.15) is 11.8 Å². The van der Waals surface area contributed by atoms with Crippen molar-refractivity contribution in [1.82, 2.24) is 24.8 Å². The van der Waals surface area contributed by atoms with Gasteiger partial charge in [0.15, 0.2) is 5.75 Å². The van der Waals surface area contributed by atoms with Crippen LogP contribution in [0.2, 0.25) is 5.02 Å². The van der Waals surface area contributed by atoms with Crippen LogP contribution in [0.15, 0.2) is 35.3 Å². The van der Waals surface area contributed by atoms with E-state index >= 15 is 0 Å². The standard InChI is InChI=1S/C16H15ClN6O2S2/c1-16(7-27(24)23(2)15(18)21-16)13-11(17)4-12(26-13)9-3-10(6-19-5-9)14-22-20-8-25-14/h3-6,8H,7H2,1-2H3,(H2,18,21)/t16-,27?/m0/s1. The molecule has 2 N–H and O–H groups in total. The normalized spacial score (nSPS) is 22.7. The molecule has 1 aliphatic heterocycles. The smallest absolute Gasteiger partial charge is 0.249 e. The number of hydrogen-bond acceptors (Lipinski definition) is 7. The van der Waals surface area contributed by atoms with Crippen molar-refractivity contribution < 1.29 is 8.97 Å². The molecular formula is C16H15ClN6O2S2. The molecule has 3 aromatic heterocycles. The Kier molecular flexibility index (Phi) is 4.58. The number of rotatable bonds is 3. The molecule has 1 saturated heterocycles. The van der Waals surface area contributed by atoms with Gasteiger partial charge in [-0.15, -0.1) is 21.5 Å². The van der Waals surface area contributed by atoms with Gasteiger partial charge in [0, 0.05) is 22.8 Å². The Bertz CT molecular complexity index is 995. The summed E-state index contributed by atoms with van der Waals surface area (Å²) in [6.07, 6.45) is 4.65. The van der Waals surface area contributed by atoms with E-state index in [1.165, 1.54) is 22.0 Å². The highest BCUT2D eigenvalue weighted by atomic mass is 35.5. The van der Waals surface area contributed by atoms with E-state index < -0.39 is 16.9 Å². The molecule has 1 aliphatic rings. The molecule has 140 valence electrons. The van der Waals surface area contributed by atoms with Gasteiger partial charge in [-0.25, -0.2) is 0 Å². The molecule has 0 saturated carbocycles. The summed E-state index contributed by atoms with van der Waals surface area (Å²) < 4.78 is 19.0. The van der Waals surface area contributed by atoms with E-state index in [-0.39, 0.29) is 5.96 Å². The van der Waals surface area contributed by atoms with Crippen LogP contribution < -0.4 is 5.32 Å². The zero-order valence-electron chi connectivity index (χ0n) is 14.4. The second-order valence-electron chi connectivity index (χ2n) is 6.26. The first-order chi connectivity index (χ1) is 12.9. The minimum absolute atomic E-state index is 0.105. The molecule has 27 heavy (non-hydrogen) atoms. The van der Waals surface area contributed by atoms with Crippen LogP contribution in [0, 0.1) is 5.41 Å². The number of aromatic nitrogens is 3. The molecule has 0 bridgehead atoms. The van der Waals surface area contributed by atoms with Crippen molar-refractivity contribution in [3.05, 3.63) is 40.8 Å². The molecule has 3 aromatic rings. The van der Waals surface area contributed by atoms with Gasteiger partial charge in [0.2, 0.25) is 18.2 Å². The van der Waals surface area contributed by atoms with Gasteiger partial charge in [-0.2, -0.15) is 4.31 Å². The van der Waals surface area contributed by atoms with Crippen LogP contribution in [-0.2, 0) is 16.9 Å². The maximum Gasteiger partial charge on any atom is 0.249 e. The van der Waals surface area contributed by atoms with E-state index in [4.69, 9.17) is 21.4 Å². The molecule has 8 nitrogen and oxygen atoms in total. The fraction of sp³-hybridized carbons (Fsp3) is 0.250. The number of guanidine groups is 1. The molecule has 4 rings (SSSR count). The van der Waals surface area contributed by atoms with Gasteiger partial charge in [0.1, 0.15) is 5.54 Å². The van der Waals surface area contributed by atoms with Crippen LogP contribution in [-0.4, -0.2) is 42.8 Å². The number of thiophene rings is 1. The zero-order valence-corrected chi connectivity index (χ0v) is 16.8. The van der Waals surface area contributed by atoms with E-state index in [0.717, 1.165) is 15.3 Å². The van der Waals surface area contributed by atoms with E-state index in [9.17, 15) is 4.55 Å². The molecule has 1 unspecified atom stereocenters. The average Bonchev–Trinajstić information content (AvgIpc) is 3.30. The van der Waals surface area contributed by atoms with Crippen LogP contribution in [0.25, 0.3) is 21.9 Å². The summed E-state index contributed by atoms with van der Waals surface area (Å²) in [6, 6.07) is 3.75. The lowest BCUT2D eigenvalue weighted by atomic mass is 10.0. The minimum atomic E-state index is -1.30. The Labute approximate surface area is 167 Å². The minimum Gasteiger partial charge on any atom is -0.593 e. The molecule has 11 heteroatoms. The monoisotopic (exact) mass is 422 g/mol. The first-order valence-corrected chi connectivity index (χ1v) is 10.3. The van der Waals surface area contributed by atoms with E-state index in [2.05, 4.69) is 20.5 Å². The predicted octanol–water partition coefficient (Wildman–Crippen LogP) is 2.86. The number of pyridine rings is 1. The van der Waals surface area contributed by atoms with Crippen molar-refractivity contribution in [1.29, 1.82) is 5.41 Å². The van der Waals surface area contributed by atoms with Gasteiger partial charge < -0.3 is 14.3 Å². The third kappa shape index (κ3) is 3.29. The van der Waals surface area contributed by atoms with E-state index in [1.54, 1.807) is 19.4 Å². The summed E-state index contributed by atoms with van der Waals surface area (Å²) in [5.74, 6) is 0.819. The van der Waals surface area contributed by atoms with Crippen LogP contribution in [0.4, 0.5) is 0 Å². The summed E-state index contributed by atoms with van der Waals surface area (Å²) in [7, 11) is 1.63. The zero-order chi connectivity index (χ0) is 19.2. The van der Waals surface area contributed by atoms with Crippen molar-refractivity contribution >= 4 is 40.3 Å². The largest absolute Gasteiger partial charge is 0.593 e. The number of nitrogens with zero attached hydrogens (tertiary/aromatic N) is 4. The Morgan fingerprint density at radius 1 is 1.41 bits per heavy atom. The number of hydrogen-bond donors (Lipinski definition) is 2. The van der Waals surface area contributed by atoms with Crippen LogP contribution in [0.5, 0.6) is 0 Å². The average molecular weight is 423 g/mol. The quantitative estimate of drug-likeness (QED) is 0.623. The lowest BCUT2D eigenvalue weighted by molar-refractivity contribution is 0.424. The second-order valence-corrected chi connectivity index (χ2v) is 9.20. The maximum atomic E-state index is 12.3. The molecule has 1 fully saturated rings. The maximum absolute atomic E-state index is 12.3. The van der Waals surface area contributed by atoms with E-state index in [1.807, 2.05) is 19.1 Å². The van der Waals surface area contributed by atoms with Gasteiger partial charge in [0.25, 0.3) is 0 Å². The molecule has 4 heterocycles. The highest BCUT2D eigenvalue weighted by molar-refractivity contribution is 7.89. The Hall–Kier alpha value is -2.14. The summed E-state index contributed by atoms with van der Waals surface area (Å²) in [6.45, 7) is 1.90. The third-order valence-electron chi connectivity index (χ3n) is 4.24. The summed E-state index contributed by atoms with van der Waals surface area (Å²) in [4.78, 5) is 5.98. The third-order valence-corrected chi connectivity index (χ3v) is 7.72. The Morgan fingerprint density at radius 2 is 2.19 bits per heavy atom. The summed E-state index contributed by atoms with van der Waals surface area (Å²) in [5, 5.41) is 19.3. The highest BCUT2D eigenvalue weighted by Crippen LogP contribution is 2.42. The Morgan fingerprint density at radius 3 is 2.89 bits per heavy atom. The fourth-order valence-corrected chi connectivity index (χ4v) is 5.70. The molecule has 0 amide bonds. The summed E-state index contributed by atoms with van der Waals surface area (Å²) in [5.41, 5.74) is 0.880. The Balaban J connectivity index is 1.70. The van der Waals surface area contributed by atoms with Crippen molar-refractivity contribution in [2.75, 3.05) is 12.8 Å². The molecular weight excluding hydrogens is 408 g/mol. The first-order valence-electron chi connectivity index (χ1n) is 7.88. The van der Waals surface area contributed by atoms with Gasteiger partial charge >= 0.3 is 0 Å². The number of halogens is 1. The lowest BCUT2D eigenvalue weighted by Crippen LogP contribution is -2.60. The van der Waals surface area contributed by atoms with Crippen LogP contribution in [0.3, 0.4) is 0 Å². The molecule has 0 radical (unpaired) electrons. The molecule has 0 spiro atoms. The summed E-state index contributed by atoms with van der Waals surface area (Å²) >= 11 is 6.70. The van der Waals surface area contributed by atoms with Crippen molar-refractivity contribution in [2.24, 2.45) is 0 Å². The fourth-order valence-electron chi connectivity index (χ4n) is 2.82. The van der Waals surface area contributed by atoms with E-state index in [0.29, 0.717) is 22.2 Å². The molecule has 2 atom stereocenters. The number of nitrogens with one attached hydrogen (secondary N) is 2. The van der Waals surface area contributed by atoms with Crippen molar-refractivity contribution in [3.63, 3.8) is 0 Å². The van der Waals surface area contributed by atoms with Crippen molar-refractivity contribution in [2.45, 2.75) is 12.5 Å². The lowest BCUT2D eigenvalue weighted by Gasteiger charge is -2.39. The van der Waals surface area contributed by atoms with Crippen molar-refractivity contribution in [3.8, 4) is 21.9 Å².